The van der Waals surface area contributed by atoms with Gasteiger partial charge in [0.15, 0.2) is 0 Å². The predicted octanol–water partition coefficient (Wildman–Crippen LogP) is 2.48. The summed E-state index contributed by atoms with van der Waals surface area (Å²) in [6, 6.07) is 2.10. The first-order chi connectivity index (χ1) is 5.85. The highest BCUT2D eigenvalue weighted by atomic mass is 16.6. The van der Waals surface area contributed by atoms with E-state index < -0.39 is 0 Å². The van der Waals surface area contributed by atoms with E-state index in [1.807, 2.05) is 0 Å². The molecule has 0 spiro atoms. The van der Waals surface area contributed by atoms with E-state index >= 15 is 0 Å². The lowest BCUT2D eigenvalue weighted by Crippen LogP contribution is -1.98. The van der Waals surface area contributed by atoms with Crippen LogP contribution < -0.4 is 0 Å². The molecule has 0 radical (unpaired) electrons. The summed E-state index contributed by atoms with van der Waals surface area (Å²) in [5.74, 6) is 0. The lowest BCUT2D eigenvalue weighted by molar-refractivity contribution is 0.211. The maximum atomic E-state index is 8.36. The van der Waals surface area contributed by atoms with E-state index in [2.05, 4.69) is 23.0 Å². The third kappa shape index (κ3) is 5.72. The van der Waals surface area contributed by atoms with Crippen LogP contribution in [0.5, 0.6) is 0 Å². The van der Waals surface area contributed by atoms with Crippen molar-refractivity contribution in [2.75, 3.05) is 7.11 Å². The maximum Gasteiger partial charge on any atom is 0.106 e. The number of hydrogen-bond donors (Lipinski definition) is 0. The Morgan fingerprint density at radius 1 is 1.50 bits per heavy atom. The van der Waals surface area contributed by atoms with E-state index in [9.17, 15) is 0 Å². The van der Waals surface area contributed by atoms with E-state index in [1.54, 1.807) is 7.11 Å². The molecule has 0 fully saturated rings. The Morgan fingerprint density at radius 3 is 2.75 bits per heavy atom. The third-order valence-electron chi connectivity index (χ3n) is 1.56. The Bertz CT molecular complexity index is 170. The van der Waals surface area contributed by atoms with Crippen LogP contribution in [-0.2, 0) is 4.84 Å². The van der Waals surface area contributed by atoms with E-state index in [4.69, 9.17) is 5.26 Å². The molecule has 0 heterocycles. The molecule has 0 aliphatic heterocycles. The van der Waals surface area contributed by atoms with Gasteiger partial charge in [0.05, 0.1) is 11.8 Å². The second-order valence-electron chi connectivity index (χ2n) is 2.60. The van der Waals surface area contributed by atoms with Gasteiger partial charge in [0.25, 0.3) is 0 Å². The normalized spacial score (nSPS) is 10.9. The molecule has 0 aliphatic carbocycles. The summed E-state index contributed by atoms with van der Waals surface area (Å²) in [5, 5.41) is 12.2. The molecule has 0 rings (SSSR count). The molecule has 3 heteroatoms. The van der Waals surface area contributed by atoms with Gasteiger partial charge in [-0.15, -0.1) is 0 Å². The summed E-state index contributed by atoms with van der Waals surface area (Å²) in [5.41, 5.74) is 1.00. The van der Waals surface area contributed by atoms with Crippen molar-refractivity contribution < 1.29 is 4.84 Å². The molecule has 0 aromatic carbocycles. The quantitative estimate of drug-likeness (QED) is 0.451. The molecule has 0 aromatic heterocycles. The first-order valence-electron chi connectivity index (χ1n) is 4.31. The first-order valence-corrected chi connectivity index (χ1v) is 4.31. The lowest BCUT2D eigenvalue weighted by Gasteiger charge is -2.00. The monoisotopic (exact) mass is 168 g/mol. The molecule has 0 amide bonds. The molecule has 0 unspecified atom stereocenters. The Balaban J connectivity index is 3.72. The van der Waals surface area contributed by atoms with Gasteiger partial charge in [0.2, 0.25) is 0 Å². The van der Waals surface area contributed by atoms with Gasteiger partial charge in [-0.2, -0.15) is 5.26 Å². The fraction of sp³-hybridized carbons (Fsp3) is 0.778. The largest absolute Gasteiger partial charge is 0.399 e. The second-order valence-corrected chi connectivity index (χ2v) is 2.60. The van der Waals surface area contributed by atoms with Gasteiger partial charge >= 0.3 is 0 Å². The lowest BCUT2D eigenvalue weighted by atomic mass is 10.1. The molecular formula is C9H16N2O. The molecule has 68 valence electrons. The van der Waals surface area contributed by atoms with Gasteiger partial charge in [-0.25, -0.2) is 0 Å². The highest BCUT2D eigenvalue weighted by Crippen LogP contribution is 2.03. The number of nitrogens with zero attached hydrogens (tertiary/aromatic N) is 2. The van der Waals surface area contributed by atoms with Crippen molar-refractivity contribution in [3.63, 3.8) is 0 Å². The van der Waals surface area contributed by atoms with Crippen molar-refractivity contribution in [2.24, 2.45) is 5.16 Å². The fourth-order valence-electron chi connectivity index (χ4n) is 0.926. The molecule has 0 bridgehead atoms. The van der Waals surface area contributed by atoms with Crippen LogP contribution in [0.4, 0.5) is 0 Å². The Hall–Kier alpha value is -1.04. The Labute approximate surface area is 74.0 Å². The molecular weight excluding hydrogens is 152 g/mol. The van der Waals surface area contributed by atoms with Crippen LogP contribution >= 0.6 is 0 Å². The number of hydrogen-bond acceptors (Lipinski definition) is 3. The van der Waals surface area contributed by atoms with Crippen molar-refractivity contribution in [1.82, 2.24) is 0 Å². The average Bonchev–Trinajstić information content (AvgIpc) is 2.10. The zero-order chi connectivity index (χ0) is 9.23. The van der Waals surface area contributed by atoms with Gasteiger partial charge < -0.3 is 4.84 Å². The summed E-state index contributed by atoms with van der Waals surface area (Å²) in [6.07, 6.45) is 4.49. The zero-order valence-corrected chi connectivity index (χ0v) is 7.84. The van der Waals surface area contributed by atoms with Gasteiger partial charge in [-0.1, -0.05) is 18.5 Å². The van der Waals surface area contributed by atoms with Crippen LogP contribution in [0.15, 0.2) is 5.16 Å². The number of unbranched alkanes of at least 4 members (excludes halogenated alkanes) is 1. The van der Waals surface area contributed by atoms with Crippen LogP contribution in [0.3, 0.4) is 0 Å². The summed E-state index contributed by atoms with van der Waals surface area (Å²) < 4.78 is 0. The third-order valence-corrected chi connectivity index (χ3v) is 1.56. The van der Waals surface area contributed by atoms with Crippen LogP contribution in [0.2, 0.25) is 0 Å². The Kier molecular flexibility index (Phi) is 7.36. The second kappa shape index (κ2) is 8.06. The minimum absolute atomic E-state index is 0.534. The fourth-order valence-corrected chi connectivity index (χ4v) is 0.926. The molecule has 0 saturated heterocycles. The first kappa shape index (κ1) is 11.0. The Morgan fingerprint density at radius 2 is 2.25 bits per heavy atom. The van der Waals surface area contributed by atoms with Gasteiger partial charge in [-0.3, -0.25) is 0 Å². The minimum atomic E-state index is 0.534. The van der Waals surface area contributed by atoms with E-state index in [1.165, 1.54) is 0 Å². The zero-order valence-electron chi connectivity index (χ0n) is 7.84. The topological polar surface area (TPSA) is 45.4 Å². The van der Waals surface area contributed by atoms with Gasteiger partial charge in [0.1, 0.15) is 7.11 Å². The van der Waals surface area contributed by atoms with Gasteiger partial charge in [0, 0.05) is 12.8 Å². The van der Waals surface area contributed by atoms with Crippen molar-refractivity contribution in [3.8, 4) is 6.07 Å². The molecule has 0 N–H and O–H groups in total. The summed E-state index contributed by atoms with van der Waals surface area (Å²) in [7, 11) is 1.54. The van der Waals surface area contributed by atoms with Gasteiger partial charge in [-0.05, 0) is 12.8 Å². The van der Waals surface area contributed by atoms with Crippen LogP contribution in [0.25, 0.3) is 0 Å². The minimum Gasteiger partial charge on any atom is -0.399 e. The average molecular weight is 168 g/mol. The molecule has 0 aliphatic rings. The smallest absolute Gasteiger partial charge is 0.106 e. The van der Waals surface area contributed by atoms with Crippen LogP contribution in [0.1, 0.15) is 39.0 Å². The summed E-state index contributed by atoms with van der Waals surface area (Å²) >= 11 is 0. The SMILES string of the molecule is CCCC/C(CCC#N)=N\OC. The molecule has 0 atom stereocenters. The standard InChI is InChI=1S/C9H16N2O/c1-3-4-6-9(11-12-2)7-5-8-10/h3-7H2,1-2H3/b11-9+. The molecule has 12 heavy (non-hydrogen) atoms. The van der Waals surface area contributed by atoms with E-state index in [-0.39, 0.29) is 0 Å². The van der Waals surface area contributed by atoms with Crippen molar-refractivity contribution in [1.29, 1.82) is 5.26 Å². The van der Waals surface area contributed by atoms with Crippen molar-refractivity contribution >= 4 is 5.71 Å². The van der Waals surface area contributed by atoms with Crippen LogP contribution in [-0.4, -0.2) is 12.8 Å². The van der Waals surface area contributed by atoms with Crippen molar-refractivity contribution in [2.45, 2.75) is 39.0 Å². The highest BCUT2D eigenvalue weighted by Gasteiger charge is 1.98. The molecule has 0 saturated carbocycles. The van der Waals surface area contributed by atoms with E-state index in [0.717, 1.165) is 31.4 Å². The number of oxime groups is 1. The summed E-state index contributed by atoms with van der Waals surface area (Å²) in [6.45, 7) is 2.13. The number of nitriles is 1. The van der Waals surface area contributed by atoms with Crippen molar-refractivity contribution in [3.05, 3.63) is 0 Å². The summed E-state index contributed by atoms with van der Waals surface area (Å²) in [4.78, 5) is 4.68. The maximum absolute atomic E-state index is 8.36. The van der Waals surface area contributed by atoms with E-state index in [0.29, 0.717) is 6.42 Å². The van der Waals surface area contributed by atoms with Crippen LogP contribution in [0, 0.1) is 11.3 Å². The number of rotatable bonds is 6. The molecule has 0 aromatic rings. The molecule has 3 nitrogen and oxygen atoms in total. The predicted molar refractivity (Wildman–Crippen MR) is 48.8 cm³/mol. The highest BCUT2D eigenvalue weighted by molar-refractivity contribution is 5.84.